The van der Waals surface area contributed by atoms with Gasteiger partial charge in [-0.1, -0.05) is 35.9 Å². The lowest BCUT2D eigenvalue weighted by Crippen LogP contribution is -2.31. The minimum Gasteiger partial charge on any atom is -0.345 e. The van der Waals surface area contributed by atoms with Crippen LogP contribution in [0.15, 0.2) is 79.5 Å². The van der Waals surface area contributed by atoms with Gasteiger partial charge in [0.15, 0.2) is 0 Å². The molecule has 0 saturated heterocycles. The van der Waals surface area contributed by atoms with E-state index >= 15 is 0 Å². The maximum absolute atomic E-state index is 13.1. The van der Waals surface area contributed by atoms with Crippen LogP contribution < -0.4 is 0 Å². The number of benzene rings is 2. The zero-order chi connectivity index (χ0) is 19.2. The third-order valence-corrected chi connectivity index (χ3v) is 4.48. The molecule has 27 heavy (non-hydrogen) atoms. The molecule has 0 N–H and O–H groups in total. The van der Waals surface area contributed by atoms with Crippen LogP contribution in [0.1, 0.15) is 27.2 Å². The SMILES string of the molecule is C=CCN(Cc1cccn1Cc1ccc(F)cc1)C(=O)c1ccc(C)cc1. The molecule has 2 aromatic carbocycles. The van der Waals surface area contributed by atoms with E-state index in [1.54, 1.807) is 23.1 Å². The molecule has 0 aliphatic heterocycles. The second-order valence-corrected chi connectivity index (χ2v) is 6.59. The molecule has 1 aromatic heterocycles. The normalized spacial score (nSPS) is 10.6. The van der Waals surface area contributed by atoms with Gasteiger partial charge in [-0.15, -0.1) is 6.58 Å². The summed E-state index contributed by atoms with van der Waals surface area (Å²) in [6.45, 7) is 7.35. The topological polar surface area (TPSA) is 25.2 Å². The highest BCUT2D eigenvalue weighted by atomic mass is 19.1. The van der Waals surface area contributed by atoms with Crippen molar-refractivity contribution in [2.24, 2.45) is 0 Å². The van der Waals surface area contributed by atoms with Crippen molar-refractivity contribution in [3.63, 3.8) is 0 Å². The van der Waals surface area contributed by atoms with E-state index in [4.69, 9.17) is 0 Å². The van der Waals surface area contributed by atoms with Crippen LogP contribution in [-0.4, -0.2) is 21.9 Å². The van der Waals surface area contributed by atoms with Gasteiger partial charge in [-0.3, -0.25) is 4.79 Å². The van der Waals surface area contributed by atoms with Gasteiger partial charge in [-0.05, 0) is 48.9 Å². The molecular formula is C23H23FN2O. The summed E-state index contributed by atoms with van der Waals surface area (Å²) in [6.07, 6.45) is 3.71. The van der Waals surface area contributed by atoms with Gasteiger partial charge in [0.25, 0.3) is 5.91 Å². The molecule has 1 heterocycles. The molecule has 0 fully saturated rings. The first-order chi connectivity index (χ1) is 13.1. The highest BCUT2D eigenvalue weighted by Gasteiger charge is 2.16. The Kier molecular flexibility index (Phi) is 5.87. The van der Waals surface area contributed by atoms with Gasteiger partial charge in [0, 0.05) is 30.5 Å². The van der Waals surface area contributed by atoms with Crippen molar-refractivity contribution in [3.05, 3.63) is 108 Å². The largest absolute Gasteiger partial charge is 0.345 e. The Morgan fingerprint density at radius 3 is 2.48 bits per heavy atom. The first-order valence-electron chi connectivity index (χ1n) is 8.92. The minimum absolute atomic E-state index is 0.0237. The number of rotatable bonds is 7. The molecule has 138 valence electrons. The maximum Gasteiger partial charge on any atom is 0.254 e. The van der Waals surface area contributed by atoms with Crippen LogP contribution in [0.4, 0.5) is 4.39 Å². The number of amides is 1. The van der Waals surface area contributed by atoms with E-state index in [2.05, 4.69) is 11.1 Å². The molecule has 0 unspecified atom stereocenters. The number of carbonyl (C=O) groups is 1. The minimum atomic E-state index is -0.243. The average molecular weight is 362 g/mol. The smallest absolute Gasteiger partial charge is 0.254 e. The maximum atomic E-state index is 13.1. The van der Waals surface area contributed by atoms with Crippen molar-refractivity contribution in [3.8, 4) is 0 Å². The fourth-order valence-corrected chi connectivity index (χ4v) is 2.98. The van der Waals surface area contributed by atoms with Crippen molar-refractivity contribution in [2.45, 2.75) is 20.0 Å². The van der Waals surface area contributed by atoms with Gasteiger partial charge in [0.1, 0.15) is 5.82 Å². The molecule has 0 radical (unpaired) electrons. The quantitative estimate of drug-likeness (QED) is 0.554. The lowest BCUT2D eigenvalue weighted by Gasteiger charge is -2.22. The molecule has 3 aromatic rings. The molecule has 1 amide bonds. The second-order valence-electron chi connectivity index (χ2n) is 6.59. The van der Waals surface area contributed by atoms with Crippen LogP contribution in [0.2, 0.25) is 0 Å². The van der Waals surface area contributed by atoms with Gasteiger partial charge >= 0.3 is 0 Å². The fourth-order valence-electron chi connectivity index (χ4n) is 2.98. The van der Waals surface area contributed by atoms with Crippen LogP contribution in [-0.2, 0) is 13.1 Å². The Morgan fingerprint density at radius 2 is 1.81 bits per heavy atom. The van der Waals surface area contributed by atoms with E-state index in [-0.39, 0.29) is 11.7 Å². The summed E-state index contributed by atoms with van der Waals surface area (Å²) < 4.78 is 15.2. The van der Waals surface area contributed by atoms with Gasteiger partial charge < -0.3 is 9.47 Å². The molecule has 3 rings (SSSR count). The summed E-state index contributed by atoms with van der Waals surface area (Å²) in [7, 11) is 0. The Balaban J connectivity index is 1.78. The number of nitrogens with zero attached hydrogens (tertiary/aromatic N) is 2. The number of aromatic nitrogens is 1. The third-order valence-electron chi connectivity index (χ3n) is 4.48. The molecule has 4 heteroatoms. The highest BCUT2D eigenvalue weighted by molar-refractivity contribution is 5.94. The van der Waals surface area contributed by atoms with Gasteiger partial charge in [0.05, 0.1) is 6.54 Å². The average Bonchev–Trinajstić information content (AvgIpc) is 3.10. The summed E-state index contributed by atoms with van der Waals surface area (Å²) in [6, 6.07) is 18.0. The third kappa shape index (κ3) is 4.73. The Morgan fingerprint density at radius 1 is 1.11 bits per heavy atom. The molecule has 0 bridgehead atoms. The van der Waals surface area contributed by atoms with Gasteiger partial charge in [-0.2, -0.15) is 0 Å². The molecule has 0 atom stereocenters. The Labute approximate surface area is 159 Å². The van der Waals surface area contributed by atoms with E-state index in [1.807, 2.05) is 49.5 Å². The standard InChI is InChI=1S/C23H23FN2O/c1-3-14-26(23(27)20-10-6-18(2)7-11-20)17-22-5-4-15-25(22)16-19-8-12-21(24)13-9-19/h3-13,15H,1,14,16-17H2,2H3. The fraction of sp³-hybridized carbons (Fsp3) is 0.174. The van der Waals surface area contributed by atoms with Gasteiger partial charge in [-0.25, -0.2) is 4.39 Å². The summed E-state index contributed by atoms with van der Waals surface area (Å²) in [4.78, 5) is 14.7. The summed E-state index contributed by atoms with van der Waals surface area (Å²) in [5.74, 6) is -0.267. The first kappa shape index (κ1) is 18.6. The molecule has 3 nitrogen and oxygen atoms in total. The monoisotopic (exact) mass is 362 g/mol. The summed E-state index contributed by atoms with van der Waals surface area (Å²) in [5.41, 5.74) is 3.81. The zero-order valence-electron chi connectivity index (χ0n) is 15.4. The van der Waals surface area contributed by atoms with Crippen molar-refractivity contribution >= 4 is 5.91 Å². The van der Waals surface area contributed by atoms with E-state index in [0.29, 0.717) is 25.2 Å². The van der Waals surface area contributed by atoms with Gasteiger partial charge in [0.2, 0.25) is 0 Å². The molecule has 0 aliphatic rings. The van der Waals surface area contributed by atoms with Crippen LogP contribution in [0, 0.1) is 12.7 Å². The van der Waals surface area contributed by atoms with E-state index in [9.17, 15) is 9.18 Å². The number of carbonyl (C=O) groups excluding carboxylic acids is 1. The summed E-state index contributed by atoms with van der Waals surface area (Å²) >= 11 is 0. The Bertz CT molecular complexity index is 910. The van der Waals surface area contributed by atoms with E-state index in [0.717, 1.165) is 16.8 Å². The molecular weight excluding hydrogens is 339 g/mol. The molecule has 0 spiro atoms. The van der Waals surface area contributed by atoms with E-state index < -0.39 is 0 Å². The predicted octanol–water partition coefficient (Wildman–Crippen LogP) is 4.81. The molecule has 0 saturated carbocycles. The van der Waals surface area contributed by atoms with Crippen molar-refractivity contribution in [1.29, 1.82) is 0 Å². The number of halogens is 1. The zero-order valence-corrected chi connectivity index (χ0v) is 15.4. The lowest BCUT2D eigenvalue weighted by molar-refractivity contribution is 0.0759. The molecule has 0 aliphatic carbocycles. The highest BCUT2D eigenvalue weighted by Crippen LogP contribution is 2.14. The second kappa shape index (κ2) is 8.49. The van der Waals surface area contributed by atoms with Crippen molar-refractivity contribution < 1.29 is 9.18 Å². The van der Waals surface area contributed by atoms with Crippen LogP contribution in [0.5, 0.6) is 0 Å². The van der Waals surface area contributed by atoms with Crippen LogP contribution >= 0.6 is 0 Å². The van der Waals surface area contributed by atoms with E-state index in [1.165, 1.54) is 12.1 Å². The Hall–Kier alpha value is -3.14. The number of hydrogen-bond donors (Lipinski definition) is 0. The van der Waals surface area contributed by atoms with Crippen molar-refractivity contribution in [2.75, 3.05) is 6.54 Å². The summed E-state index contributed by atoms with van der Waals surface area (Å²) in [5, 5.41) is 0. The predicted molar refractivity (Wildman–Crippen MR) is 106 cm³/mol. The van der Waals surface area contributed by atoms with Crippen LogP contribution in [0.25, 0.3) is 0 Å². The number of aryl methyl sites for hydroxylation is 1. The lowest BCUT2D eigenvalue weighted by atomic mass is 10.1. The van der Waals surface area contributed by atoms with Crippen molar-refractivity contribution in [1.82, 2.24) is 9.47 Å². The number of hydrogen-bond acceptors (Lipinski definition) is 1. The first-order valence-corrected chi connectivity index (χ1v) is 8.92. The van der Waals surface area contributed by atoms with Crippen LogP contribution in [0.3, 0.4) is 0 Å².